The normalized spacial score (nSPS) is 14.9. The summed E-state index contributed by atoms with van der Waals surface area (Å²) < 4.78 is 82.2. The van der Waals surface area contributed by atoms with Crippen LogP contribution in [0.4, 0.5) is 23.2 Å². The summed E-state index contributed by atoms with van der Waals surface area (Å²) in [6.07, 6.45) is 0.288. The Kier molecular flexibility index (Phi) is 11.1. The predicted molar refractivity (Wildman–Crippen MR) is 165 cm³/mol. The maximum absolute atomic E-state index is 14.9. The number of sulfonamides is 1. The molecule has 4 rings (SSSR count). The van der Waals surface area contributed by atoms with Gasteiger partial charge < -0.3 is 10.2 Å². The second kappa shape index (κ2) is 14.6. The van der Waals surface area contributed by atoms with E-state index in [1.165, 1.54) is 18.2 Å². The molecule has 1 atom stereocenters. The van der Waals surface area contributed by atoms with Gasteiger partial charge >= 0.3 is 6.18 Å². The smallest absolute Gasteiger partial charge is 0.352 e. The van der Waals surface area contributed by atoms with Gasteiger partial charge in [0.25, 0.3) is 0 Å². The number of hydrogen-bond acceptors (Lipinski definition) is 4. The standard InChI is InChI=1S/C32H34ClF4N3O4S/c1-45(43,44)40(25-16-17-27(33)26(19-25)32(35,36)37)21-30(41)39(20-23-12-8-9-15-28(23)34)29(18-22-10-4-2-5-11-22)31(42)38-24-13-6-3-7-14-24/h2,4-5,8-12,15-17,19,24,29H,3,6-7,13-14,18,20-21H2,1H3,(H,38,42)/t29-/m1/s1. The van der Waals surface area contributed by atoms with Crippen molar-refractivity contribution in [2.75, 3.05) is 17.1 Å². The molecule has 3 aromatic rings. The first-order valence-electron chi connectivity index (χ1n) is 14.5. The number of carbonyl (C=O) groups is 2. The largest absolute Gasteiger partial charge is 0.417 e. The average molecular weight is 668 g/mol. The lowest BCUT2D eigenvalue weighted by Gasteiger charge is -2.35. The van der Waals surface area contributed by atoms with Crippen molar-refractivity contribution in [1.29, 1.82) is 0 Å². The topological polar surface area (TPSA) is 86.8 Å². The highest BCUT2D eigenvalue weighted by atomic mass is 35.5. The number of carbonyl (C=O) groups excluding carboxylic acids is 2. The van der Waals surface area contributed by atoms with Crippen LogP contribution in [0, 0.1) is 5.82 Å². The minimum atomic E-state index is -4.89. The number of rotatable bonds is 11. The summed E-state index contributed by atoms with van der Waals surface area (Å²) in [5.74, 6) is -2.05. The van der Waals surface area contributed by atoms with Crippen molar-refractivity contribution in [3.8, 4) is 0 Å². The molecular weight excluding hydrogens is 634 g/mol. The van der Waals surface area contributed by atoms with E-state index in [4.69, 9.17) is 11.6 Å². The lowest BCUT2D eigenvalue weighted by Crippen LogP contribution is -2.55. The second-order valence-electron chi connectivity index (χ2n) is 11.1. The highest BCUT2D eigenvalue weighted by Crippen LogP contribution is 2.37. The van der Waals surface area contributed by atoms with Gasteiger partial charge in [-0.2, -0.15) is 13.2 Å². The van der Waals surface area contributed by atoms with Crippen LogP contribution in [0.3, 0.4) is 0 Å². The third-order valence-electron chi connectivity index (χ3n) is 7.74. The van der Waals surface area contributed by atoms with Crippen LogP contribution in [0.2, 0.25) is 5.02 Å². The van der Waals surface area contributed by atoms with E-state index in [0.717, 1.165) is 55.4 Å². The van der Waals surface area contributed by atoms with E-state index in [0.29, 0.717) is 15.9 Å². The van der Waals surface area contributed by atoms with E-state index >= 15 is 0 Å². The molecule has 1 aliphatic carbocycles. The first kappa shape index (κ1) is 34.2. The highest BCUT2D eigenvalue weighted by molar-refractivity contribution is 7.92. The van der Waals surface area contributed by atoms with Crippen LogP contribution in [-0.4, -0.2) is 50.0 Å². The molecular formula is C32H34ClF4N3O4S. The number of alkyl halides is 3. The van der Waals surface area contributed by atoms with Crippen LogP contribution in [0.1, 0.15) is 48.8 Å². The van der Waals surface area contributed by atoms with Gasteiger partial charge in [-0.25, -0.2) is 12.8 Å². The van der Waals surface area contributed by atoms with Gasteiger partial charge in [0.2, 0.25) is 21.8 Å². The number of halogens is 5. The molecule has 0 unspecified atom stereocenters. The van der Waals surface area contributed by atoms with E-state index < -0.39 is 69.2 Å². The van der Waals surface area contributed by atoms with Crippen LogP contribution in [0.5, 0.6) is 0 Å². The monoisotopic (exact) mass is 667 g/mol. The first-order chi connectivity index (χ1) is 21.2. The molecule has 0 saturated heterocycles. The summed E-state index contributed by atoms with van der Waals surface area (Å²) in [6, 6.07) is 15.7. The van der Waals surface area contributed by atoms with Gasteiger partial charge in [0, 0.05) is 24.6 Å². The molecule has 1 N–H and O–H groups in total. The molecule has 1 aliphatic rings. The van der Waals surface area contributed by atoms with Gasteiger partial charge in [-0.05, 0) is 42.7 Å². The Morgan fingerprint density at radius 3 is 2.24 bits per heavy atom. The predicted octanol–water partition coefficient (Wildman–Crippen LogP) is 6.35. The third-order valence-corrected chi connectivity index (χ3v) is 9.21. The summed E-state index contributed by atoms with van der Waals surface area (Å²) in [7, 11) is -4.33. The zero-order valence-electron chi connectivity index (χ0n) is 24.6. The fourth-order valence-electron chi connectivity index (χ4n) is 5.41. The Balaban J connectivity index is 1.76. The van der Waals surface area contributed by atoms with Crippen LogP contribution in [-0.2, 0) is 38.8 Å². The highest BCUT2D eigenvalue weighted by Gasteiger charge is 2.37. The van der Waals surface area contributed by atoms with Gasteiger partial charge in [-0.3, -0.25) is 13.9 Å². The van der Waals surface area contributed by atoms with Crippen molar-refractivity contribution in [2.24, 2.45) is 0 Å². The fourth-order valence-corrected chi connectivity index (χ4v) is 6.47. The minimum absolute atomic E-state index is 0.0254. The summed E-state index contributed by atoms with van der Waals surface area (Å²) in [5.41, 5.74) is -0.953. The number of benzene rings is 3. The van der Waals surface area contributed by atoms with Gasteiger partial charge in [-0.15, -0.1) is 0 Å². The van der Waals surface area contributed by atoms with E-state index in [9.17, 15) is 35.6 Å². The molecule has 7 nitrogen and oxygen atoms in total. The second-order valence-corrected chi connectivity index (χ2v) is 13.4. The maximum Gasteiger partial charge on any atom is 0.417 e. The Morgan fingerprint density at radius 1 is 0.978 bits per heavy atom. The molecule has 0 radical (unpaired) electrons. The molecule has 0 aliphatic heterocycles. The molecule has 45 heavy (non-hydrogen) atoms. The Labute approximate surface area is 265 Å². The molecule has 0 aromatic heterocycles. The van der Waals surface area contributed by atoms with Crippen LogP contribution in [0.15, 0.2) is 72.8 Å². The molecule has 1 saturated carbocycles. The van der Waals surface area contributed by atoms with Crippen molar-refractivity contribution in [3.63, 3.8) is 0 Å². The van der Waals surface area contributed by atoms with E-state index in [1.807, 2.05) is 0 Å². The molecule has 0 spiro atoms. The summed E-state index contributed by atoms with van der Waals surface area (Å²) in [5, 5.41) is 2.38. The zero-order chi connectivity index (χ0) is 32.8. The minimum Gasteiger partial charge on any atom is -0.352 e. The number of anilines is 1. The van der Waals surface area contributed by atoms with E-state index in [-0.39, 0.29) is 18.0 Å². The maximum atomic E-state index is 14.9. The molecule has 3 aromatic carbocycles. The van der Waals surface area contributed by atoms with E-state index in [1.54, 1.807) is 36.4 Å². The third kappa shape index (κ3) is 9.20. The Bertz CT molecular complexity index is 1600. The van der Waals surface area contributed by atoms with Crippen LogP contribution in [0.25, 0.3) is 0 Å². The molecule has 0 bridgehead atoms. The van der Waals surface area contributed by atoms with Crippen molar-refractivity contribution in [2.45, 2.75) is 63.3 Å². The van der Waals surface area contributed by atoms with Crippen molar-refractivity contribution in [1.82, 2.24) is 10.2 Å². The molecule has 2 amide bonds. The van der Waals surface area contributed by atoms with Gasteiger partial charge in [0.15, 0.2) is 0 Å². The van der Waals surface area contributed by atoms with Crippen molar-refractivity contribution in [3.05, 3.63) is 100 Å². The lowest BCUT2D eigenvalue weighted by atomic mass is 9.94. The molecule has 242 valence electrons. The molecule has 0 heterocycles. The van der Waals surface area contributed by atoms with Gasteiger partial charge in [0.1, 0.15) is 18.4 Å². The van der Waals surface area contributed by atoms with Crippen molar-refractivity contribution < 1.29 is 35.6 Å². The van der Waals surface area contributed by atoms with Crippen LogP contribution >= 0.6 is 11.6 Å². The zero-order valence-corrected chi connectivity index (χ0v) is 26.1. The van der Waals surface area contributed by atoms with Gasteiger partial charge in [0.05, 0.1) is 22.5 Å². The van der Waals surface area contributed by atoms with Crippen LogP contribution < -0.4 is 9.62 Å². The molecule has 13 heteroatoms. The molecule has 1 fully saturated rings. The Morgan fingerprint density at radius 2 is 1.62 bits per heavy atom. The first-order valence-corrected chi connectivity index (χ1v) is 16.7. The Hall–Kier alpha value is -3.64. The number of nitrogens with zero attached hydrogens (tertiary/aromatic N) is 2. The number of nitrogens with one attached hydrogen (secondary N) is 1. The SMILES string of the molecule is CS(=O)(=O)N(CC(=O)N(Cc1ccccc1F)[C@H](Cc1ccccc1)C(=O)NC1CCCCC1)c1ccc(Cl)c(C(F)(F)F)c1. The number of amides is 2. The van der Waals surface area contributed by atoms with E-state index in [2.05, 4.69) is 5.32 Å². The van der Waals surface area contributed by atoms with Crippen molar-refractivity contribution >= 4 is 39.1 Å². The fraction of sp³-hybridized carbons (Fsp3) is 0.375. The lowest BCUT2D eigenvalue weighted by molar-refractivity contribution is -0.140. The number of hydrogen-bond donors (Lipinski definition) is 1. The summed E-state index contributed by atoms with van der Waals surface area (Å²) in [4.78, 5) is 29.1. The quantitative estimate of drug-likeness (QED) is 0.242. The summed E-state index contributed by atoms with van der Waals surface area (Å²) in [6.45, 7) is -1.35. The average Bonchev–Trinajstić information content (AvgIpc) is 2.98. The summed E-state index contributed by atoms with van der Waals surface area (Å²) >= 11 is 5.75. The van der Waals surface area contributed by atoms with Gasteiger partial charge in [-0.1, -0.05) is 79.4 Å².